The van der Waals surface area contributed by atoms with Gasteiger partial charge in [-0.1, -0.05) is 48.5 Å². The molecule has 4 aliphatic heterocycles. The molecular formula is C35H39N9O3. The molecule has 12 nitrogen and oxygen atoms in total. The van der Waals surface area contributed by atoms with E-state index in [-0.39, 0.29) is 30.2 Å². The lowest BCUT2D eigenvalue weighted by atomic mass is 9.85. The third kappa shape index (κ3) is 5.21. The van der Waals surface area contributed by atoms with E-state index in [0.29, 0.717) is 56.9 Å². The third-order valence-electron chi connectivity index (χ3n) is 10.7. The quantitative estimate of drug-likeness (QED) is 0.329. The van der Waals surface area contributed by atoms with Crippen LogP contribution in [-0.2, 0) is 16.1 Å². The van der Waals surface area contributed by atoms with E-state index in [4.69, 9.17) is 5.73 Å². The Morgan fingerprint density at radius 2 is 1.68 bits per heavy atom. The minimum Gasteiger partial charge on any atom is -0.339 e. The van der Waals surface area contributed by atoms with Gasteiger partial charge in [-0.25, -0.2) is 4.98 Å². The number of nitrogens with one attached hydrogen (secondary N) is 1. The number of fused-ring (bicyclic) bond motifs is 2. The van der Waals surface area contributed by atoms with Gasteiger partial charge in [0.25, 0.3) is 11.8 Å². The second kappa shape index (κ2) is 11.5. The standard InChI is InChI=1S/C35H39N9O3/c36-34-22-40(18-25-7-3-1-4-8-25)19-28(34)20-42(23-34)30(45)21-43-24-44(29-9-5-2-6-10-29)35(33(43)47)11-13-41(14-12-35)32(46)27-15-26-17-38-39-31(26)37-16-27/h1-10,15-17,28H,11-14,18-24,36H2,(H,37,38,39)/t28-,34-/m1/s1. The summed E-state index contributed by atoms with van der Waals surface area (Å²) in [5.41, 5.74) is 8.95. The number of likely N-dealkylation sites (tertiary alicyclic amines) is 3. The molecule has 2 atom stereocenters. The van der Waals surface area contributed by atoms with Crippen molar-refractivity contribution >= 4 is 34.4 Å². The number of carbonyl (C=O) groups is 3. The molecule has 0 aliphatic carbocycles. The number of benzene rings is 2. The Morgan fingerprint density at radius 1 is 0.936 bits per heavy atom. The van der Waals surface area contributed by atoms with Crippen molar-refractivity contribution in [3.05, 3.63) is 90.3 Å². The molecule has 4 aromatic rings. The number of piperidine rings is 1. The van der Waals surface area contributed by atoms with Crippen LogP contribution in [0.2, 0.25) is 0 Å². The number of hydrogen-bond donors (Lipinski definition) is 2. The van der Waals surface area contributed by atoms with E-state index in [2.05, 4.69) is 49.2 Å². The molecule has 2 aromatic heterocycles. The van der Waals surface area contributed by atoms with E-state index in [1.807, 2.05) is 41.3 Å². The van der Waals surface area contributed by atoms with Crippen molar-refractivity contribution in [2.24, 2.45) is 11.7 Å². The van der Waals surface area contributed by atoms with Crippen LogP contribution in [0.4, 0.5) is 5.69 Å². The smallest absolute Gasteiger partial charge is 0.255 e. The molecule has 4 saturated heterocycles. The van der Waals surface area contributed by atoms with Crippen LogP contribution in [0, 0.1) is 5.92 Å². The maximum atomic E-state index is 14.3. The van der Waals surface area contributed by atoms with Gasteiger partial charge in [-0.05, 0) is 36.6 Å². The highest BCUT2D eigenvalue weighted by atomic mass is 16.2. The van der Waals surface area contributed by atoms with Gasteiger partial charge >= 0.3 is 0 Å². The fourth-order valence-electron chi connectivity index (χ4n) is 8.16. The predicted octanol–water partition coefficient (Wildman–Crippen LogP) is 1.91. The van der Waals surface area contributed by atoms with Gasteiger partial charge in [0.15, 0.2) is 5.65 Å². The van der Waals surface area contributed by atoms with Crippen molar-refractivity contribution in [3.8, 4) is 0 Å². The van der Waals surface area contributed by atoms with Crippen LogP contribution in [0.1, 0.15) is 28.8 Å². The number of aromatic nitrogens is 3. The SMILES string of the molecule is N[C@@]12CN(Cc3ccccc3)C[C@@H]1CN(C(=O)CN1CN(c3ccccc3)C3(CCN(C(=O)c4cnc5[nH]ncc5c4)CC3)C1=O)C2. The molecule has 2 aromatic carbocycles. The van der Waals surface area contributed by atoms with Crippen LogP contribution in [0.5, 0.6) is 0 Å². The Hall–Kier alpha value is -4.81. The molecule has 4 fully saturated rings. The number of para-hydroxylation sites is 1. The predicted molar refractivity (Wildman–Crippen MR) is 176 cm³/mol. The van der Waals surface area contributed by atoms with E-state index in [0.717, 1.165) is 30.7 Å². The molecule has 1 spiro atoms. The summed E-state index contributed by atoms with van der Waals surface area (Å²) in [6.07, 6.45) is 4.15. The Bertz CT molecular complexity index is 1810. The average Bonchev–Trinajstić information content (AvgIpc) is 3.83. The monoisotopic (exact) mass is 633 g/mol. The van der Waals surface area contributed by atoms with Crippen molar-refractivity contribution in [2.45, 2.75) is 30.5 Å². The number of H-pyrrole nitrogens is 1. The number of aromatic amines is 1. The fourth-order valence-corrected chi connectivity index (χ4v) is 8.16. The van der Waals surface area contributed by atoms with Crippen LogP contribution in [0.25, 0.3) is 11.0 Å². The van der Waals surface area contributed by atoms with E-state index in [9.17, 15) is 14.4 Å². The van der Waals surface area contributed by atoms with E-state index in [1.165, 1.54) is 5.56 Å². The molecule has 0 saturated carbocycles. The summed E-state index contributed by atoms with van der Waals surface area (Å²) < 4.78 is 0. The largest absolute Gasteiger partial charge is 0.339 e. The van der Waals surface area contributed by atoms with Crippen LogP contribution >= 0.6 is 0 Å². The zero-order chi connectivity index (χ0) is 32.2. The highest BCUT2D eigenvalue weighted by Gasteiger charge is 2.56. The van der Waals surface area contributed by atoms with Crippen molar-refractivity contribution in [1.29, 1.82) is 0 Å². The Kier molecular flexibility index (Phi) is 7.21. The number of amides is 3. The molecule has 8 rings (SSSR count). The van der Waals surface area contributed by atoms with Crippen molar-refractivity contribution < 1.29 is 14.4 Å². The molecule has 3 amide bonds. The number of nitrogens with zero attached hydrogens (tertiary/aromatic N) is 7. The summed E-state index contributed by atoms with van der Waals surface area (Å²) in [6.45, 7) is 4.71. The molecule has 6 heterocycles. The Balaban J connectivity index is 0.946. The molecule has 242 valence electrons. The number of carbonyl (C=O) groups excluding carboxylic acids is 3. The summed E-state index contributed by atoms with van der Waals surface area (Å²) in [4.78, 5) is 55.7. The number of pyridine rings is 1. The van der Waals surface area contributed by atoms with E-state index >= 15 is 0 Å². The first-order chi connectivity index (χ1) is 22.8. The second-order valence-electron chi connectivity index (χ2n) is 13.6. The van der Waals surface area contributed by atoms with Crippen molar-refractivity contribution in [3.63, 3.8) is 0 Å². The van der Waals surface area contributed by atoms with Gasteiger partial charge in [-0.3, -0.25) is 24.4 Å². The van der Waals surface area contributed by atoms with Gasteiger partial charge in [0.1, 0.15) is 12.1 Å². The highest BCUT2D eigenvalue weighted by molar-refractivity contribution is 5.99. The Morgan fingerprint density at radius 3 is 2.43 bits per heavy atom. The molecule has 4 aliphatic rings. The van der Waals surface area contributed by atoms with Crippen LogP contribution in [0.3, 0.4) is 0 Å². The van der Waals surface area contributed by atoms with Gasteiger partial charge in [0.2, 0.25) is 5.91 Å². The number of hydrogen-bond acceptors (Lipinski definition) is 8. The molecule has 0 unspecified atom stereocenters. The maximum absolute atomic E-state index is 14.3. The molecule has 0 radical (unpaired) electrons. The minimum absolute atomic E-state index is 0.0134. The highest BCUT2D eigenvalue weighted by Crippen LogP contribution is 2.40. The lowest BCUT2D eigenvalue weighted by molar-refractivity contribution is -0.140. The van der Waals surface area contributed by atoms with Crippen LogP contribution in [-0.4, -0.2) is 116 Å². The Labute approximate surface area is 273 Å². The second-order valence-corrected chi connectivity index (χ2v) is 13.6. The summed E-state index contributed by atoms with van der Waals surface area (Å²) in [7, 11) is 0. The van der Waals surface area contributed by atoms with E-state index < -0.39 is 11.1 Å². The average molecular weight is 634 g/mol. The minimum atomic E-state index is -0.834. The lowest BCUT2D eigenvalue weighted by Gasteiger charge is -2.43. The molecule has 12 heteroatoms. The zero-order valence-corrected chi connectivity index (χ0v) is 26.3. The normalized spacial score (nSPS) is 24.1. The van der Waals surface area contributed by atoms with Crippen LogP contribution < -0.4 is 10.6 Å². The molecule has 3 N–H and O–H groups in total. The topological polar surface area (TPSA) is 135 Å². The van der Waals surface area contributed by atoms with Crippen LogP contribution in [0.15, 0.2) is 79.1 Å². The van der Waals surface area contributed by atoms with Gasteiger partial charge in [0.05, 0.1) is 24.0 Å². The van der Waals surface area contributed by atoms with Crippen molar-refractivity contribution in [2.75, 3.05) is 57.4 Å². The summed E-state index contributed by atoms with van der Waals surface area (Å²) in [6, 6.07) is 22.1. The lowest BCUT2D eigenvalue weighted by Crippen LogP contribution is -2.57. The maximum Gasteiger partial charge on any atom is 0.255 e. The summed E-state index contributed by atoms with van der Waals surface area (Å²) >= 11 is 0. The summed E-state index contributed by atoms with van der Waals surface area (Å²) in [5, 5.41) is 7.59. The van der Waals surface area contributed by atoms with Gasteiger partial charge in [-0.15, -0.1) is 0 Å². The fraction of sp³-hybridized carbons (Fsp3) is 0.400. The summed E-state index contributed by atoms with van der Waals surface area (Å²) in [5.74, 6) is -0.0362. The molecular weight excluding hydrogens is 594 g/mol. The number of nitrogens with two attached hydrogens (primary N) is 1. The molecule has 47 heavy (non-hydrogen) atoms. The number of rotatable bonds is 6. The first-order valence-corrected chi connectivity index (χ1v) is 16.3. The third-order valence-corrected chi connectivity index (χ3v) is 10.7. The van der Waals surface area contributed by atoms with Gasteiger partial charge < -0.3 is 25.3 Å². The van der Waals surface area contributed by atoms with Crippen molar-refractivity contribution in [1.82, 2.24) is 34.8 Å². The molecule has 0 bridgehead atoms. The zero-order valence-electron chi connectivity index (χ0n) is 26.3. The van der Waals surface area contributed by atoms with Gasteiger partial charge in [0, 0.05) is 69.0 Å². The first-order valence-electron chi connectivity index (χ1n) is 16.3. The van der Waals surface area contributed by atoms with E-state index in [1.54, 1.807) is 28.3 Å². The van der Waals surface area contributed by atoms with Gasteiger partial charge in [-0.2, -0.15) is 5.10 Å². The first kappa shape index (κ1) is 29.6. The number of anilines is 1.